The van der Waals surface area contributed by atoms with Crippen LogP contribution in [0.5, 0.6) is 0 Å². The van der Waals surface area contributed by atoms with E-state index in [4.69, 9.17) is 4.74 Å². The molecule has 1 unspecified atom stereocenters. The van der Waals surface area contributed by atoms with Gasteiger partial charge in [0.2, 0.25) is 5.91 Å². The molecule has 0 radical (unpaired) electrons. The molecule has 128 valence electrons. The third-order valence-corrected chi connectivity index (χ3v) is 4.38. The molecule has 1 aromatic carbocycles. The molecule has 3 rings (SSSR count). The molecular weight excluding hydrogens is 306 g/mol. The number of aliphatic hydroxyl groups is 1. The number of ether oxygens (including phenoxy) is 1. The molecule has 1 amide bonds. The monoisotopic (exact) mass is 329 g/mol. The van der Waals surface area contributed by atoms with Crippen LogP contribution < -0.4 is 0 Å². The van der Waals surface area contributed by atoms with Gasteiger partial charge in [0.15, 0.2) is 0 Å². The molecule has 0 bridgehead atoms. The topological polar surface area (TPSA) is 67.6 Å². The van der Waals surface area contributed by atoms with Crippen LogP contribution >= 0.6 is 0 Å². The quantitative estimate of drug-likeness (QED) is 0.889. The molecule has 1 N–H and O–H groups in total. The standard InChI is InChI=1S/C18H23N3O3/c1-15-3-2-4-16(9-15)10-18(13-22)12-21(7-8-24-18)17(23)11-20-6-5-19-14-20/h2-6,9,14,22H,7-8,10-13H2,1H3. The zero-order chi connectivity index (χ0) is 17.0. The number of hydrogen-bond donors (Lipinski definition) is 1. The lowest BCUT2D eigenvalue weighted by atomic mass is 9.92. The van der Waals surface area contributed by atoms with Crippen molar-refractivity contribution in [3.8, 4) is 0 Å². The van der Waals surface area contributed by atoms with Gasteiger partial charge in [-0.15, -0.1) is 0 Å². The first-order valence-corrected chi connectivity index (χ1v) is 8.14. The number of aryl methyl sites for hydroxylation is 1. The average molecular weight is 329 g/mol. The number of aliphatic hydroxyl groups excluding tert-OH is 1. The van der Waals surface area contributed by atoms with Gasteiger partial charge in [-0.25, -0.2) is 4.98 Å². The fourth-order valence-corrected chi connectivity index (χ4v) is 3.15. The van der Waals surface area contributed by atoms with Crippen LogP contribution in [-0.2, 0) is 22.5 Å². The summed E-state index contributed by atoms with van der Waals surface area (Å²) in [5, 5.41) is 9.95. The average Bonchev–Trinajstić information content (AvgIpc) is 3.08. The summed E-state index contributed by atoms with van der Waals surface area (Å²) in [7, 11) is 0. The number of aromatic nitrogens is 2. The minimum Gasteiger partial charge on any atom is -0.393 e. The maximum atomic E-state index is 12.5. The van der Waals surface area contributed by atoms with Crippen molar-refractivity contribution in [2.75, 3.05) is 26.3 Å². The highest BCUT2D eigenvalue weighted by molar-refractivity contribution is 5.76. The van der Waals surface area contributed by atoms with E-state index in [2.05, 4.69) is 11.1 Å². The molecule has 1 atom stereocenters. The van der Waals surface area contributed by atoms with Gasteiger partial charge >= 0.3 is 0 Å². The summed E-state index contributed by atoms with van der Waals surface area (Å²) in [4.78, 5) is 18.2. The number of morpholine rings is 1. The second-order valence-corrected chi connectivity index (χ2v) is 6.41. The number of carbonyl (C=O) groups is 1. The Labute approximate surface area is 141 Å². The highest BCUT2D eigenvalue weighted by Crippen LogP contribution is 2.24. The molecule has 1 aromatic heterocycles. The van der Waals surface area contributed by atoms with Crippen molar-refractivity contribution >= 4 is 5.91 Å². The molecule has 1 aliphatic rings. The summed E-state index contributed by atoms with van der Waals surface area (Å²) >= 11 is 0. The predicted octanol–water partition coefficient (Wildman–Crippen LogP) is 1.02. The van der Waals surface area contributed by atoms with E-state index >= 15 is 0 Å². The first-order valence-electron chi connectivity index (χ1n) is 8.14. The number of benzene rings is 1. The maximum Gasteiger partial charge on any atom is 0.242 e. The molecule has 2 heterocycles. The summed E-state index contributed by atoms with van der Waals surface area (Å²) in [6.45, 7) is 3.55. The number of amides is 1. The van der Waals surface area contributed by atoms with E-state index in [1.807, 2.05) is 25.1 Å². The molecule has 2 aromatic rings. The van der Waals surface area contributed by atoms with Crippen LogP contribution in [0.2, 0.25) is 0 Å². The maximum absolute atomic E-state index is 12.5. The predicted molar refractivity (Wildman–Crippen MR) is 89.5 cm³/mol. The second-order valence-electron chi connectivity index (χ2n) is 6.41. The lowest BCUT2D eigenvalue weighted by Gasteiger charge is -2.42. The Balaban J connectivity index is 1.70. The van der Waals surface area contributed by atoms with Gasteiger partial charge in [0, 0.05) is 25.4 Å². The Morgan fingerprint density at radius 3 is 3.04 bits per heavy atom. The van der Waals surface area contributed by atoms with Gasteiger partial charge in [0.25, 0.3) is 0 Å². The molecule has 1 fully saturated rings. The summed E-state index contributed by atoms with van der Waals surface area (Å²) in [5.74, 6) is 0.0124. The normalized spacial score (nSPS) is 21.0. The number of nitrogens with zero attached hydrogens (tertiary/aromatic N) is 3. The highest BCUT2D eigenvalue weighted by atomic mass is 16.5. The van der Waals surface area contributed by atoms with Crippen LogP contribution in [0.25, 0.3) is 0 Å². The van der Waals surface area contributed by atoms with Gasteiger partial charge in [-0.1, -0.05) is 29.8 Å². The van der Waals surface area contributed by atoms with E-state index < -0.39 is 5.60 Å². The minimum atomic E-state index is -0.739. The Morgan fingerprint density at radius 1 is 1.46 bits per heavy atom. The molecule has 0 aliphatic carbocycles. The summed E-state index contributed by atoms with van der Waals surface area (Å²) < 4.78 is 7.66. The van der Waals surface area contributed by atoms with Crippen molar-refractivity contribution in [2.45, 2.75) is 25.5 Å². The smallest absolute Gasteiger partial charge is 0.242 e. The van der Waals surface area contributed by atoms with Crippen LogP contribution in [0.3, 0.4) is 0 Å². The third-order valence-electron chi connectivity index (χ3n) is 4.38. The largest absolute Gasteiger partial charge is 0.393 e. The van der Waals surface area contributed by atoms with Crippen LogP contribution in [0.15, 0.2) is 43.0 Å². The van der Waals surface area contributed by atoms with Crippen molar-refractivity contribution < 1.29 is 14.6 Å². The van der Waals surface area contributed by atoms with Gasteiger partial charge < -0.3 is 19.3 Å². The van der Waals surface area contributed by atoms with E-state index in [1.54, 1.807) is 28.2 Å². The molecule has 6 heteroatoms. The first kappa shape index (κ1) is 16.7. The molecule has 0 saturated carbocycles. The van der Waals surface area contributed by atoms with Crippen LogP contribution in [0.4, 0.5) is 0 Å². The molecule has 6 nitrogen and oxygen atoms in total. The second kappa shape index (κ2) is 7.15. The zero-order valence-corrected chi connectivity index (χ0v) is 13.9. The van der Waals surface area contributed by atoms with Crippen LogP contribution in [0, 0.1) is 6.92 Å². The van der Waals surface area contributed by atoms with Crippen molar-refractivity contribution in [2.24, 2.45) is 0 Å². The molecule has 1 aliphatic heterocycles. The fraction of sp³-hybridized carbons (Fsp3) is 0.444. The summed E-state index contributed by atoms with van der Waals surface area (Å²) in [6.07, 6.45) is 5.64. The number of imidazole rings is 1. The van der Waals surface area contributed by atoms with Gasteiger partial charge in [0.05, 0.1) is 26.1 Å². The van der Waals surface area contributed by atoms with Crippen LogP contribution in [-0.4, -0.2) is 57.4 Å². The zero-order valence-electron chi connectivity index (χ0n) is 13.9. The SMILES string of the molecule is Cc1cccc(CC2(CO)CN(C(=O)Cn3ccnc3)CCO2)c1. The van der Waals surface area contributed by atoms with E-state index in [0.29, 0.717) is 26.1 Å². The molecule has 24 heavy (non-hydrogen) atoms. The highest BCUT2D eigenvalue weighted by Gasteiger charge is 2.38. The Hall–Kier alpha value is -2.18. The lowest BCUT2D eigenvalue weighted by molar-refractivity contribution is -0.158. The lowest BCUT2D eigenvalue weighted by Crippen LogP contribution is -2.57. The molecule has 0 spiro atoms. The van der Waals surface area contributed by atoms with E-state index in [1.165, 1.54) is 5.56 Å². The van der Waals surface area contributed by atoms with Crippen LogP contribution in [0.1, 0.15) is 11.1 Å². The van der Waals surface area contributed by atoms with Gasteiger partial charge in [0.1, 0.15) is 12.1 Å². The van der Waals surface area contributed by atoms with E-state index in [0.717, 1.165) is 5.56 Å². The van der Waals surface area contributed by atoms with Crippen molar-refractivity contribution in [1.29, 1.82) is 0 Å². The van der Waals surface area contributed by atoms with Gasteiger partial charge in [-0.3, -0.25) is 4.79 Å². The number of hydrogen-bond acceptors (Lipinski definition) is 4. The Kier molecular flexibility index (Phi) is 4.97. The summed E-state index contributed by atoms with van der Waals surface area (Å²) in [5.41, 5.74) is 1.54. The van der Waals surface area contributed by atoms with Crippen molar-refractivity contribution in [1.82, 2.24) is 14.5 Å². The van der Waals surface area contributed by atoms with E-state index in [9.17, 15) is 9.90 Å². The Bertz CT molecular complexity index is 687. The number of rotatable bonds is 5. The minimum absolute atomic E-state index is 0.0124. The van der Waals surface area contributed by atoms with Crippen molar-refractivity contribution in [3.63, 3.8) is 0 Å². The summed E-state index contributed by atoms with van der Waals surface area (Å²) in [6, 6.07) is 8.16. The van der Waals surface area contributed by atoms with Crippen molar-refractivity contribution in [3.05, 3.63) is 54.1 Å². The van der Waals surface area contributed by atoms with Gasteiger partial charge in [-0.05, 0) is 12.5 Å². The van der Waals surface area contributed by atoms with Gasteiger partial charge in [-0.2, -0.15) is 0 Å². The number of carbonyl (C=O) groups excluding carboxylic acids is 1. The molecule has 1 saturated heterocycles. The first-order chi connectivity index (χ1) is 11.6. The Morgan fingerprint density at radius 2 is 2.33 bits per heavy atom. The fourth-order valence-electron chi connectivity index (χ4n) is 3.15. The van der Waals surface area contributed by atoms with E-state index in [-0.39, 0.29) is 19.1 Å². The third kappa shape index (κ3) is 3.83. The molecular formula is C18H23N3O3.